The Morgan fingerprint density at radius 3 is 2.35 bits per heavy atom. The van der Waals surface area contributed by atoms with Crippen molar-refractivity contribution >= 4 is 5.69 Å². The summed E-state index contributed by atoms with van der Waals surface area (Å²) in [5, 5.41) is 3.07. The van der Waals surface area contributed by atoms with Gasteiger partial charge in [0.15, 0.2) is 11.6 Å². The summed E-state index contributed by atoms with van der Waals surface area (Å²) in [5.74, 6) is -2.95. The number of nitrogens with one attached hydrogen (secondary N) is 1. The lowest BCUT2D eigenvalue weighted by Gasteiger charge is -2.12. The number of hydrogen-bond acceptors (Lipinski definition) is 1. The molecule has 0 aromatic heterocycles. The molecule has 0 amide bonds. The molecule has 0 atom stereocenters. The molecule has 0 aliphatic heterocycles. The van der Waals surface area contributed by atoms with Crippen LogP contribution in [-0.2, 0) is 13.0 Å². The number of hydrogen-bond donors (Lipinski definition) is 1. The summed E-state index contributed by atoms with van der Waals surface area (Å²) in [6.07, 6.45) is 1.90. The summed E-state index contributed by atoms with van der Waals surface area (Å²) >= 11 is 0. The van der Waals surface area contributed by atoms with E-state index in [-0.39, 0.29) is 12.1 Å². The van der Waals surface area contributed by atoms with Crippen LogP contribution in [0, 0.1) is 17.5 Å². The maximum absolute atomic E-state index is 13.5. The highest BCUT2D eigenvalue weighted by Gasteiger charge is 2.10. The maximum atomic E-state index is 13.5. The minimum atomic E-state index is -1.17. The Morgan fingerprint density at radius 1 is 0.900 bits per heavy atom. The number of benzene rings is 2. The summed E-state index contributed by atoms with van der Waals surface area (Å²) in [6, 6.07) is 9.16. The van der Waals surface area contributed by atoms with Gasteiger partial charge in [-0.3, -0.25) is 0 Å². The Morgan fingerprint density at radius 2 is 1.60 bits per heavy atom. The number of aryl methyl sites for hydroxylation is 1. The molecule has 0 aliphatic carbocycles. The third-order valence-electron chi connectivity index (χ3n) is 3.10. The van der Waals surface area contributed by atoms with Gasteiger partial charge in [0.1, 0.15) is 5.82 Å². The lowest BCUT2D eigenvalue weighted by molar-refractivity contribution is 0.490. The third-order valence-corrected chi connectivity index (χ3v) is 3.10. The van der Waals surface area contributed by atoms with Crippen LogP contribution in [0.5, 0.6) is 0 Å². The molecule has 2 aromatic carbocycles. The Kier molecular flexibility index (Phi) is 4.66. The van der Waals surface area contributed by atoms with E-state index in [4.69, 9.17) is 0 Å². The first-order valence-electron chi connectivity index (χ1n) is 6.57. The molecule has 1 nitrogen and oxygen atoms in total. The van der Waals surface area contributed by atoms with Crippen LogP contribution in [0.1, 0.15) is 24.5 Å². The molecule has 0 spiro atoms. The zero-order valence-electron chi connectivity index (χ0n) is 11.2. The fourth-order valence-corrected chi connectivity index (χ4v) is 2.07. The predicted octanol–water partition coefficient (Wildman–Crippen LogP) is 4.67. The highest BCUT2D eigenvalue weighted by molar-refractivity contribution is 5.51. The standard InChI is InChI=1S/C16H16F3N/c1-2-5-11-6-3-4-7-16(11)20-10-12-8-14(18)15(19)9-13(12)17/h3-4,6-9,20H,2,5,10H2,1H3. The molecule has 0 heterocycles. The molecule has 2 aromatic rings. The Balaban J connectivity index is 2.15. The van der Waals surface area contributed by atoms with Crippen LogP contribution in [0.25, 0.3) is 0 Å². The van der Waals surface area contributed by atoms with Gasteiger partial charge in [-0.25, -0.2) is 13.2 Å². The van der Waals surface area contributed by atoms with Gasteiger partial charge in [0, 0.05) is 23.9 Å². The molecule has 0 saturated heterocycles. The lowest BCUT2D eigenvalue weighted by atomic mass is 10.1. The largest absolute Gasteiger partial charge is 0.381 e. The van der Waals surface area contributed by atoms with Crippen molar-refractivity contribution in [1.29, 1.82) is 0 Å². The van der Waals surface area contributed by atoms with Gasteiger partial charge in [0.25, 0.3) is 0 Å². The van der Waals surface area contributed by atoms with Gasteiger partial charge in [0.05, 0.1) is 0 Å². The van der Waals surface area contributed by atoms with Crippen molar-refractivity contribution < 1.29 is 13.2 Å². The lowest BCUT2D eigenvalue weighted by Crippen LogP contribution is -2.05. The van der Waals surface area contributed by atoms with Crippen molar-refractivity contribution in [3.63, 3.8) is 0 Å². The second-order valence-electron chi connectivity index (χ2n) is 4.62. The van der Waals surface area contributed by atoms with Gasteiger partial charge < -0.3 is 5.32 Å². The van der Waals surface area contributed by atoms with Crippen molar-refractivity contribution in [2.75, 3.05) is 5.32 Å². The fourth-order valence-electron chi connectivity index (χ4n) is 2.07. The van der Waals surface area contributed by atoms with Crippen molar-refractivity contribution in [2.24, 2.45) is 0 Å². The van der Waals surface area contributed by atoms with Gasteiger partial charge >= 0.3 is 0 Å². The van der Waals surface area contributed by atoms with Crippen LogP contribution in [0.2, 0.25) is 0 Å². The fraction of sp³-hybridized carbons (Fsp3) is 0.250. The second kappa shape index (κ2) is 6.46. The summed E-state index contributed by atoms with van der Waals surface area (Å²) in [7, 11) is 0. The number of rotatable bonds is 5. The van der Waals surface area contributed by atoms with E-state index < -0.39 is 17.5 Å². The van der Waals surface area contributed by atoms with Crippen molar-refractivity contribution in [3.8, 4) is 0 Å². The Bertz CT molecular complexity index is 596. The Labute approximate surface area is 116 Å². The van der Waals surface area contributed by atoms with E-state index in [9.17, 15) is 13.2 Å². The summed E-state index contributed by atoms with van der Waals surface area (Å²) in [5.41, 5.74) is 2.12. The third kappa shape index (κ3) is 3.32. The number of anilines is 1. The van der Waals surface area contributed by atoms with Crippen LogP contribution in [0.3, 0.4) is 0 Å². The first-order valence-corrected chi connectivity index (χ1v) is 6.57. The first-order chi connectivity index (χ1) is 9.61. The minimum absolute atomic E-state index is 0.107. The van der Waals surface area contributed by atoms with Crippen LogP contribution < -0.4 is 5.32 Å². The van der Waals surface area contributed by atoms with Gasteiger partial charge in [-0.15, -0.1) is 0 Å². The molecule has 0 radical (unpaired) electrons. The summed E-state index contributed by atoms with van der Waals surface area (Å²) in [6.45, 7) is 2.19. The highest BCUT2D eigenvalue weighted by atomic mass is 19.2. The van der Waals surface area contributed by atoms with E-state index in [2.05, 4.69) is 12.2 Å². The highest BCUT2D eigenvalue weighted by Crippen LogP contribution is 2.19. The zero-order chi connectivity index (χ0) is 14.5. The predicted molar refractivity (Wildman–Crippen MR) is 74.1 cm³/mol. The van der Waals surface area contributed by atoms with Gasteiger partial charge in [-0.05, 0) is 24.1 Å². The van der Waals surface area contributed by atoms with Crippen molar-refractivity contribution in [2.45, 2.75) is 26.3 Å². The topological polar surface area (TPSA) is 12.0 Å². The van der Waals surface area contributed by atoms with Crippen LogP contribution >= 0.6 is 0 Å². The molecule has 0 unspecified atom stereocenters. The van der Waals surface area contributed by atoms with E-state index in [1.165, 1.54) is 0 Å². The molecule has 1 N–H and O–H groups in total. The quantitative estimate of drug-likeness (QED) is 0.784. The van der Waals surface area contributed by atoms with Crippen LogP contribution in [0.4, 0.5) is 18.9 Å². The smallest absolute Gasteiger partial charge is 0.161 e. The average molecular weight is 279 g/mol. The minimum Gasteiger partial charge on any atom is -0.381 e. The second-order valence-corrected chi connectivity index (χ2v) is 4.62. The van der Waals surface area contributed by atoms with E-state index >= 15 is 0 Å². The molecule has 106 valence electrons. The van der Waals surface area contributed by atoms with Gasteiger partial charge in [0.2, 0.25) is 0 Å². The SMILES string of the molecule is CCCc1ccccc1NCc1cc(F)c(F)cc1F. The normalized spacial score (nSPS) is 10.6. The van der Waals surface area contributed by atoms with E-state index in [1.807, 2.05) is 24.3 Å². The summed E-state index contributed by atoms with van der Waals surface area (Å²) < 4.78 is 39.5. The number of halogens is 3. The van der Waals surface area contributed by atoms with Crippen molar-refractivity contribution in [1.82, 2.24) is 0 Å². The summed E-state index contributed by atoms with van der Waals surface area (Å²) in [4.78, 5) is 0. The van der Waals surface area contributed by atoms with Gasteiger partial charge in [-0.2, -0.15) is 0 Å². The molecular weight excluding hydrogens is 263 g/mol. The van der Waals surface area contributed by atoms with Crippen molar-refractivity contribution in [3.05, 3.63) is 65.0 Å². The molecule has 0 bridgehead atoms. The molecule has 0 saturated carbocycles. The number of para-hydroxylation sites is 1. The molecule has 2 rings (SSSR count). The molecule has 0 fully saturated rings. The average Bonchev–Trinajstić information content (AvgIpc) is 2.43. The van der Waals surface area contributed by atoms with E-state index in [0.29, 0.717) is 6.07 Å². The molecule has 20 heavy (non-hydrogen) atoms. The first kappa shape index (κ1) is 14.4. The molecule has 0 aliphatic rings. The van der Waals surface area contributed by atoms with Gasteiger partial charge in [-0.1, -0.05) is 31.5 Å². The van der Waals surface area contributed by atoms with Crippen LogP contribution in [-0.4, -0.2) is 0 Å². The molecular formula is C16H16F3N. The van der Waals surface area contributed by atoms with E-state index in [1.54, 1.807) is 0 Å². The van der Waals surface area contributed by atoms with Crippen LogP contribution in [0.15, 0.2) is 36.4 Å². The zero-order valence-corrected chi connectivity index (χ0v) is 11.2. The van der Waals surface area contributed by atoms with E-state index in [0.717, 1.165) is 30.2 Å². The monoisotopic (exact) mass is 279 g/mol. The maximum Gasteiger partial charge on any atom is 0.161 e. The molecule has 4 heteroatoms. The Hall–Kier alpha value is -1.97.